The zero-order chi connectivity index (χ0) is 32.2. The Kier molecular flexibility index (Phi) is 16.9. The van der Waals surface area contributed by atoms with Crippen molar-refractivity contribution in [1.29, 1.82) is 0 Å². The number of fused-ring (bicyclic) bond motifs is 1. The van der Waals surface area contributed by atoms with Crippen LogP contribution in [0.1, 0.15) is 110 Å². The van der Waals surface area contributed by atoms with Crippen molar-refractivity contribution in [1.82, 2.24) is 4.72 Å². The van der Waals surface area contributed by atoms with E-state index in [1.165, 1.54) is 114 Å². The van der Waals surface area contributed by atoms with Gasteiger partial charge in [0, 0.05) is 17.1 Å². The van der Waals surface area contributed by atoms with Crippen molar-refractivity contribution in [2.24, 2.45) is 0 Å². The van der Waals surface area contributed by atoms with Gasteiger partial charge in [-0.2, -0.15) is 0 Å². The van der Waals surface area contributed by atoms with Gasteiger partial charge in [-0.3, -0.25) is 4.79 Å². The van der Waals surface area contributed by atoms with E-state index in [1.54, 1.807) is 30.3 Å². The number of hydrogen-bond acceptors (Lipinski definition) is 5. The molecule has 0 fully saturated rings. The quantitative estimate of drug-likeness (QED) is 0.0992. The Morgan fingerprint density at radius 1 is 0.600 bits per heavy atom. The summed E-state index contributed by atoms with van der Waals surface area (Å²) in [7, 11) is -4.04. The number of urea groups is 1. The molecule has 3 rings (SSSR count). The molecule has 0 atom stereocenters. The first-order valence-electron chi connectivity index (χ1n) is 16.7. The van der Waals surface area contributed by atoms with Gasteiger partial charge in [-0.05, 0) is 53.6 Å². The van der Waals surface area contributed by atoms with Crippen molar-refractivity contribution in [2.45, 2.75) is 115 Å². The van der Waals surface area contributed by atoms with Gasteiger partial charge < -0.3 is 10.6 Å². The molecule has 3 N–H and O–H groups in total. The summed E-state index contributed by atoms with van der Waals surface area (Å²) in [5, 5.41) is 6.94. The zero-order valence-electron chi connectivity index (χ0n) is 26.8. The Labute approximate surface area is 274 Å². The van der Waals surface area contributed by atoms with Crippen LogP contribution in [-0.2, 0) is 10.0 Å². The second-order valence-electron chi connectivity index (χ2n) is 11.7. The van der Waals surface area contributed by atoms with Crippen LogP contribution in [0.15, 0.2) is 71.6 Å². The summed E-state index contributed by atoms with van der Waals surface area (Å²) in [5.41, 5.74) is 1.01. The molecule has 3 amide bonds. The third-order valence-electron chi connectivity index (χ3n) is 7.88. The van der Waals surface area contributed by atoms with Crippen LogP contribution in [-0.4, -0.2) is 25.4 Å². The molecule has 0 saturated carbocycles. The standard InChI is InChI=1S/C36H51N3O4S2/c1-2-3-4-5-6-7-8-9-10-11-12-13-14-15-16-19-28-44-36(41)38-33-25-23-32(24-26-33)37-35(40)39-45(42,43)34-27-22-30-20-17-18-21-31(30)29-34/h17-18,20-27,29H,2-16,19,28H2,1H3,(H,38,41)(H2,37,39,40). The van der Waals surface area contributed by atoms with E-state index in [0.29, 0.717) is 11.4 Å². The maximum atomic E-state index is 12.7. The molecule has 0 heterocycles. The number of sulfonamides is 1. The van der Waals surface area contributed by atoms with E-state index in [4.69, 9.17) is 0 Å². The van der Waals surface area contributed by atoms with Crippen LogP contribution in [0, 0.1) is 0 Å². The van der Waals surface area contributed by atoms with E-state index in [1.807, 2.05) is 29.0 Å². The maximum Gasteiger partial charge on any atom is 0.333 e. The van der Waals surface area contributed by atoms with Crippen molar-refractivity contribution < 1.29 is 18.0 Å². The summed E-state index contributed by atoms with van der Waals surface area (Å²) in [5.74, 6) is 0.787. The lowest BCUT2D eigenvalue weighted by Crippen LogP contribution is -2.34. The van der Waals surface area contributed by atoms with E-state index in [9.17, 15) is 18.0 Å². The number of anilines is 2. The molecule has 0 aromatic heterocycles. The third-order valence-corrected chi connectivity index (χ3v) is 10.1. The van der Waals surface area contributed by atoms with E-state index < -0.39 is 16.1 Å². The van der Waals surface area contributed by atoms with Crippen molar-refractivity contribution in [3.05, 3.63) is 66.7 Å². The number of carbonyl (C=O) groups is 2. The average Bonchev–Trinajstić information content (AvgIpc) is 3.03. The summed E-state index contributed by atoms with van der Waals surface area (Å²) in [6, 6.07) is 17.8. The molecule has 0 aliphatic rings. The van der Waals surface area contributed by atoms with Crippen LogP contribution in [0.5, 0.6) is 0 Å². The van der Waals surface area contributed by atoms with Gasteiger partial charge in [-0.15, -0.1) is 0 Å². The second kappa shape index (κ2) is 20.9. The second-order valence-corrected chi connectivity index (χ2v) is 14.5. The molecule has 0 spiro atoms. The summed E-state index contributed by atoms with van der Waals surface area (Å²) < 4.78 is 27.4. The largest absolute Gasteiger partial charge is 0.333 e. The predicted molar refractivity (Wildman–Crippen MR) is 191 cm³/mol. The van der Waals surface area contributed by atoms with Crippen LogP contribution in [0.4, 0.5) is 21.0 Å². The fourth-order valence-corrected chi connectivity index (χ4v) is 6.94. The number of unbranched alkanes of at least 4 members (excludes halogenated alkanes) is 15. The Morgan fingerprint density at radius 2 is 1.09 bits per heavy atom. The van der Waals surface area contributed by atoms with Gasteiger partial charge in [0.1, 0.15) is 0 Å². The monoisotopic (exact) mass is 653 g/mol. The molecule has 9 heteroatoms. The van der Waals surface area contributed by atoms with Gasteiger partial charge in [-0.25, -0.2) is 17.9 Å². The summed E-state index contributed by atoms with van der Waals surface area (Å²) in [6.45, 7) is 2.27. The van der Waals surface area contributed by atoms with Crippen molar-refractivity contribution in [2.75, 3.05) is 16.4 Å². The number of amides is 3. The molecule has 0 bridgehead atoms. The Bertz CT molecular complexity index is 1410. The number of hydrogen-bond donors (Lipinski definition) is 3. The molecule has 0 aliphatic carbocycles. The highest BCUT2D eigenvalue weighted by atomic mass is 32.2. The lowest BCUT2D eigenvalue weighted by Gasteiger charge is -2.10. The fourth-order valence-electron chi connectivity index (χ4n) is 5.28. The number of benzene rings is 3. The SMILES string of the molecule is CCCCCCCCCCCCCCCCCCSC(=O)Nc1ccc(NC(=O)NS(=O)(=O)c2ccc3ccccc3c2)cc1. The lowest BCUT2D eigenvalue weighted by molar-refractivity contribution is 0.256. The van der Waals surface area contributed by atoms with Crippen molar-refractivity contribution in [3.63, 3.8) is 0 Å². The number of rotatable bonds is 21. The Balaban J connectivity index is 1.21. The number of thioether (sulfide) groups is 1. The first kappa shape index (κ1) is 36.4. The molecule has 0 unspecified atom stereocenters. The van der Waals surface area contributed by atoms with Gasteiger partial charge in [0.05, 0.1) is 4.90 Å². The minimum Gasteiger partial charge on any atom is -0.317 e. The number of nitrogens with one attached hydrogen (secondary N) is 3. The van der Waals surface area contributed by atoms with Crippen LogP contribution in [0.25, 0.3) is 10.8 Å². The first-order chi connectivity index (χ1) is 21.9. The van der Waals surface area contributed by atoms with E-state index in [2.05, 4.69) is 17.6 Å². The highest BCUT2D eigenvalue weighted by Gasteiger charge is 2.18. The summed E-state index contributed by atoms with van der Waals surface area (Å²) >= 11 is 1.28. The topological polar surface area (TPSA) is 104 Å². The molecule has 45 heavy (non-hydrogen) atoms. The minimum absolute atomic E-state index is 0.00602. The smallest absolute Gasteiger partial charge is 0.317 e. The van der Waals surface area contributed by atoms with E-state index in [0.717, 1.165) is 29.4 Å². The molecule has 3 aromatic carbocycles. The molecule has 0 radical (unpaired) electrons. The predicted octanol–water partition coefficient (Wildman–Crippen LogP) is 10.9. The normalized spacial score (nSPS) is 11.4. The molecule has 3 aromatic rings. The molecule has 7 nitrogen and oxygen atoms in total. The molecule has 246 valence electrons. The average molecular weight is 654 g/mol. The highest BCUT2D eigenvalue weighted by molar-refractivity contribution is 8.13. The Morgan fingerprint density at radius 3 is 1.64 bits per heavy atom. The maximum absolute atomic E-state index is 12.7. The number of carbonyl (C=O) groups excluding carboxylic acids is 2. The minimum atomic E-state index is -4.04. The van der Waals surface area contributed by atoms with Gasteiger partial charge in [0.25, 0.3) is 15.3 Å². The van der Waals surface area contributed by atoms with Crippen LogP contribution in [0.2, 0.25) is 0 Å². The van der Waals surface area contributed by atoms with Gasteiger partial charge in [0.2, 0.25) is 0 Å². The van der Waals surface area contributed by atoms with Crippen LogP contribution in [0.3, 0.4) is 0 Å². The van der Waals surface area contributed by atoms with E-state index in [-0.39, 0.29) is 10.1 Å². The van der Waals surface area contributed by atoms with Crippen molar-refractivity contribution >= 4 is 55.2 Å². The van der Waals surface area contributed by atoms with Gasteiger partial charge in [0.15, 0.2) is 0 Å². The lowest BCUT2D eigenvalue weighted by atomic mass is 10.0. The summed E-state index contributed by atoms with van der Waals surface area (Å²) in [4.78, 5) is 24.7. The molecule has 0 aliphatic heterocycles. The zero-order valence-corrected chi connectivity index (χ0v) is 28.5. The van der Waals surface area contributed by atoms with Gasteiger partial charge >= 0.3 is 6.03 Å². The van der Waals surface area contributed by atoms with Gasteiger partial charge in [-0.1, -0.05) is 145 Å². The molecular weight excluding hydrogens is 603 g/mol. The highest BCUT2D eigenvalue weighted by Crippen LogP contribution is 2.20. The van der Waals surface area contributed by atoms with E-state index >= 15 is 0 Å². The molecular formula is C36H51N3O4S2. The fraction of sp³-hybridized carbons (Fsp3) is 0.500. The third kappa shape index (κ3) is 14.7. The molecule has 0 saturated heterocycles. The van der Waals surface area contributed by atoms with Crippen LogP contribution >= 0.6 is 11.8 Å². The van der Waals surface area contributed by atoms with Crippen molar-refractivity contribution in [3.8, 4) is 0 Å². The van der Waals surface area contributed by atoms with Crippen LogP contribution < -0.4 is 15.4 Å². The Hall–Kier alpha value is -3.04. The first-order valence-corrected chi connectivity index (χ1v) is 19.2. The summed E-state index contributed by atoms with van der Waals surface area (Å²) in [6.07, 6.45) is 21.3.